The molecule has 0 spiro atoms. The zero-order valence-electron chi connectivity index (χ0n) is 14.3. The lowest BCUT2D eigenvalue weighted by molar-refractivity contribution is -0.137. The van der Waals surface area contributed by atoms with E-state index in [4.69, 9.17) is 5.26 Å². The van der Waals surface area contributed by atoms with E-state index in [1.165, 1.54) is 16.4 Å². The van der Waals surface area contributed by atoms with Crippen molar-refractivity contribution in [2.24, 2.45) is 17.8 Å². The summed E-state index contributed by atoms with van der Waals surface area (Å²) in [4.78, 5) is 0. The van der Waals surface area contributed by atoms with Crippen molar-refractivity contribution in [3.8, 4) is 6.07 Å². The quantitative estimate of drug-likeness (QED) is 0.776. The fourth-order valence-electron chi connectivity index (χ4n) is 5.71. The molecule has 0 aromatic heterocycles. The van der Waals surface area contributed by atoms with Crippen LogP contribution in [0.1, 0.15) is 43.7 Å². The molecule has 2 aliphatic carbocycles. The van der Waals surface area contributed by atoms with Gasteiger partial charge in [0, 0.05) is 12.5 Å². The molecule has 1 heterocycles. The number of alkyl halides is 3. The van der Waals surface area contributed by atoms with Gasteiger partial charge in [0.15, 0.2) is 0 Å². The van der Waals surface area contributed by atoms with Crippen LogP contribution >= 0.6 is 0 Å². The van der Waals surface area contributed by atoms with Crippen LogP contribution in [0.15, 0.2) is 18.2 Å². The Balaban J connectivity index is 1.83. The molecule has 4 nitrogen and oxygen atoms in total. The van der Waals surface area contributed by atoms with Gasteiger partial charge in [0.1, 0.15) is 0 Å². The summed E-state index contributed by atoms with van der Waals surface area (Å²) in [6.07, 6.45) is -1.43. The maximum absolute atomic E-state index is 13.4. The van der Waals surface area contributed by atoms with E-state index in [0.29, 0.717) is 12.3 Å². The smallest absolute Gasteiger partial charge is 0.269 e. The monoisotopic (exact) mass is 384 g/mol. The highest BCUT2D eigenvalue weighted by atomic mass is 32.2. The largest absolute Gasteiger partial charge is 0.417 e. The summed E-state index contributed by atoms with van der Waals surface area (Å²) in [7, 11) is -3.76. The number of halogens is 3. The summed E-state index contributed by atoms with van der Waals surface area (Å²) >= 11 is 0. The van der Waals surface area contributed by atoms with Gasteiger partial charge in [0.2, 0.25) is 10.0 Å². The van der Waals surface area contributed by atoms with Gasteiger partial charge in [-0.1, -0.05) is 6.92 Å². The molecule has 1 aromatic rings. The number of hydrogen-bond donors (Lipinski definition) is 0. The second-order valence-electron chi connectivity index (χ2n) is 7.56. The molecular formula is C18H19F3N2O2S. The number of nitriles is 1. The van der Waals surface area contributed by atoms with Gasteiger partial charge in [-0.25, -0.2) is 8.42 Å². The predicted octanol–water partition coefficient (Wildman–Crippen LogP) is 3.92. The van der Waals surface area contributed by atoms with Crippen LogP contribution in [0, 0.1) is 29.1 Å². The van der Waals surface area contributed by atoms with E-state index in [1.807, 2.05) is 6.92 Å². The van der Waals surface area contributed by atoms with E-state index in [9.17, 15) is 21.6 Å². The molecule has 26 heavy (non-hydrogen) atoms. The number of fused-ring (bicyclic) bond motifs is 5. The summed E-state index contributed by atoms with van der Waals surface area (Å²) in [5, 5.41) is 8.95. The third-order valence-electron chi connectivity index (χ3n) is 6.76. The number of sulfonamides is 1. The van der Waals surface area contributed by atoms with Crippen molar-refractivity contribution >= 4 is 15.7 Å². The van der Waals surface area contributed by atoms with Crippen molar-refractivity contribution in [3.05, 3.63) is 29.3 Å². The van der Waals surface area contributed by atoms with Crippen LogP contribution in [0.5, 0.6) is 0 Å². The van der Waals surface area contributed by atoms with E-state index in [-0.39, 0.29) is 24.1 Å². The van der Waals surface area contributed by atoms with Gasteiger partial charge in [0.05, 0.1) is 27.6 Å². The first-order valence-corrected chi connectivity index (χ1v) is 10.2. The van der Waals surface area contributed by atoms with Crippen molar-refractivity contribution < 1.29 is 21.6 Å². The van der Waals surface area contributed by atoms with Crippen molar-refractivity contribution in [2.75, 3.05) is 10.8 Å². The van der Waals surface area contributed by atoms with E-state index >= 15 is 0 Å². The number of anilines is 1. The maximum Gasteiger partial charge on any atom is 0.417 e. The third-order valence-corrected chi connectivity index (χ3v) is 9.59. The molecule has 0 radical (unpaired) electrons. The first kappa shape index (κ1) is 17.7. The minimum absolute atomic E-state index is 0.0120. The Kier molecular flexibility index (Phi) is 3.65. The summed E-state index contributed by atoms with van der Waals surface area (Å²) < 4.78 is 67.0. The molecule has 4 rings (SSSR count). The molecule has 3 aliphatic rings. The molecule has 4 atom stereocenters. The van der Waals surface area contributed by atoms with Crippen LogP contribution in [0.4, 0.5) is 18.9 Å². The molecule has 1 aromatic carbocycles. The zero-order valence-corrected chi connectivity index (χ0v) is 15.1. The van der Waals surface area contributed by atoms with Crippen LogP contribution in [-0.2, 0) is 16.2 Å². The fraction of sp³-hybridized carbons (Fsp3) is 0.611. The first-order valence-electron chi connectivity index (χ1n) is 8.80. The van der Waals surface area contributed by atoms with Crippen molar-refractivity contribution in [3.63, 3.8) is 0 Å². The van der Waals surface area contributed by atoms with E-state index in [2.05, 4.69) is 0 Å². The molecule has 0 unspecified atom stereocenters. The average molecular weight is 384 g/mol. The van der Waals surface area contributed by atoms with Gasteiger partial charge in [-0.2, -0.15) is 18.4 Å². The first-order chi connectivity index (χ1) is 12.2. The highest BCUT2D eigenvalue weighted by Crippen LogP contribution is 2.63. The standard InChI is InChI=1S/C18H19F3N2O2S/c1-2-17-13-5-3-11(7-13)16(17)10-23(26(17,24)25)14-6-4-12(9-22)15(8-14)18(19,20)21/h4,6,8,11,13,16H,2-3,5,7,10H2,1H3/t11-,13-,16-,17+/m0/s1. The van der Waals surface area contributed by atoms with Crippen LogP contribution in [-0.4, -0.2) is 19.7 Å². The van der Waals surface area contributed by atoms with Gasteiger partial charge in [-0.15, -0.1) is 0 Å². The lowest BCUT2D eigenvalue weighted by Crippen LogP contribution is -2.47. The van der Waals surface area contributed by atoms with Crippen molar-refractivity contribution in [2.45, 2.75) is 43.5 Å². The van der Waals surface area contributed by atoms with E-state index in [1.54, 1.807) is 0 Å². The molecule has 1 aliphatic heterocycles. The summed E-state index contributed by atoms with van der Waals surface area (Å²) in [5.41, 5.74) is -1.57. The average Bonchev–Trinajstić information content (AvgIpc) is 3.23. The van der Waals surface area contributed by atoms with Gasteiger partial charge in [0.25, 0.3) is 0 Å². The topological polar surface area (TPSA) is 61.2 Å². The number of hydrogen-bond acceptors (Lipinski definition) is 3. The van der Waals surface area contributed by atoms with Crippen molar-refractivity contribution in [1.29, 1.82) is 5.26 Å². The lowest BCUT2D eigenvalue weighted by atomic mass is 9.77. The number of benzene rings is 1. The Hall–Kier alpha value is -1.75. The van der Waals surface area contributed by atoms with E-state index in [0.717, 1.165) is 31.4 Å². The van der Waals surface area contributed by atoms with Crippen LogP contribution < -0.4 is 4.31 Å². The zero-order chi connectivity index (χ0) is 18.9. The molecule has 140 valence electrons. The summed E-state index contributed by atoms with van der Waals surface area (Å²) in [6.45, 7) is 2.11. The molecule has 0 N–H and O–H groups in total. The number of rotatable bonds is 2. The maximum atomic E-state index is 13.4. The van der Waals surface area contributed by atoms with E-state index < -0.39 is 32.1 Å². The van der Waals surface area contributed by atoms with Gasteiger partial charge >= 0.3 is 6.18 Å². The highest BCUT2D eigenvalue weighted by molar-refractivity contribution is 7.94. The Labute approximate surface area is 150 Å². The summed E-state index contributed by atoms with van der Waals surface area (Å²) in [5.74, 6) is 0.402. The second-order valence-corrected chi connectivity index (χ2v) is 9.71. The third kappa shape index (κ3) is 2.04. The Morgan fingerprint density at radius 2 is 2.08 bits per heavy atom. The molecular weight excluding hydrogens is 365 g/mol. The minimum Gasteiger partial charge on any atom is -0.269 e. The highest BCUT2D eigenvalue weighted by Gasteiger charge is 2.69. The molecule has 8 heteroatoms. The SMILES string of the molecule is CC[C@@]12[C@H]3CC[C@@H](C3)[C@@H]1CN(c1ccc(C#N)c(C(F)(F)F)c1)S2(=O)=O. The Bertz CT molecular complexity index is 906. The summed E-state index contributed by atoms with van der Waals surface area (Å²) in [6, 6.07) is 4.72. The normalized spacial score (nSPS) is 34.7. The molecule has 0 amide bonds. The molecule has 3 fully saturated rings. The Morgan fingerprint density at radius 3 is 2.65 bits per heavy atom. The predicted molar refractivity (Wildman–Crippen MR) is 89.8 cm³/mol. The molecule has 2 saturated carbocycles. The van der Waals surface area contributed by atoms with Crippen LogP contribution in [0.25, 0.3) is 0 Å². The number of nitrogens with zero attached hydrogens (tertiary/aromatic N) is 2. The lowest BCUT2D eigenvalue weighted by Gasteiger charge is -2.36. The molecule has 2 bridgehead atoms. The fourth-order valence-corrected chi connectivity index (χ4v) is 8.52. The van der Waals surface area contributed by atoms with Crippen LogP contribution in [0.2, 0.25) is 0 Å². The van der Waals surface area contributed by atoms with Gasteiger partial charge < -0.3 is 0 Å². The van der Waals surface area contributed by atoms with Crippen LogP contribution in [0.3, 0.4) is 0 Å². The second kappa shape index (κ2) is 5.38. The minimum atomic E-state index is -4.71. The van der Waals surface area contributed by atoms with Gasteiger partial charge in [-0.3, -0.25) is 4.31 Å². The molecule has 1 saturated heterocycles. The van der Waals surface area contributed by atoms with Crippen molar-refractivity contribution in [1.82, 2.24) is 0 Å². The van der Waals surface area contributed by atoms with Gasteiger partial charge in [-0.05, 0) is 55.7 Å². The Morgan fingerprint density at radius 1 is 1.35 bits per heavy atom.